The quantitative estimate of drug-likeness (QED) is 0.427. The number of para-hydroxylation sites is 1. The van der Waals surface area contributed by atoms with Gasteiger partial charge in [-0.3, -0.25) is 10.1 Å². The number of anilines is 1. The van der Waals surface area contributed by atoms with Gasteiger partial charge in [0.25, 0.3) is 17.5 Å². The SMILES string of the molecule is Cc1cc(C)c2c(N)c(-c3nnc(-c4ccccc4[N+](=O)[O-])o3)sc2n1. The van der Waals surface area contributed by atoms with E-state index in [-0.39, 0.29) is 23.0 Å². The molecule has 130 valence electrons. The molecule has 0 unspecified atom stereocenters. The van der Waals surface area contributed by atoms with Crippen molar-refractivity contribution in [3.63, 3.8) is 0 Å². The third-order valence-corrected chi connectivity index (χ3v) is 5.06. The zero-order valence-electron chi connectivity index (χ0n) is 13.9. The molecule has 0 amide bonds. The Bertz CT molecular complexity index is 1160. The highest BCUT2D eigenvalue weighted by Crippen LogP contribution is 2.42. The Hall–Kier alpha value is -3.33. The van der Waals surface area contributed by atoms with E-state index in [2.05, 4.69) is 15.2 Å². The van der Waals surface area contributed by atoms with Crippen LogP contribution in [0.5, 0.6) is 0 Å². The maximum atomic E-state index is 11.2. The molecule has 9 heteroatoms. The van der Waals surface area contributed by atoms with Crippen molar-refractivity contribution in [2.75, 3.05) is 5.73 Å². The number of nitro benzene ring substituents is 1. The van der Waals surface area contributed by atoms with Crippen LogP contribution in [0.15, 0.2) is 34.7 Å². The van der Waals surface area contributed by atoms with Gasteiger partial charge in [0.2, 0.25) is 0 Å². The standard InChI is InChI=1S/C17H13N5O3S/c1-8-7-9(2)19-17-12(8)13(18)14(26-17)16-21-20-15(25-16)10-5-3-4-6-11(10)22(23)24/h3-7H,18H2,1-2H3. The minimum Gasteiger partial charge on any atom is -0.415 e. The molecule has 2 N–H and O–H groups in total. The summed E-state index contributed by atoms with van der Waals surface area (Å²) >= 11 is 1.36. The number of hydrogen-bond donors (Lipinski definition) is 1. The van der Waals surface area contributed by atoms with Crippen LogP contribution in [0.4, 0.5) is 11.4 Å². The second kappa shape index (κ2) is 5.88. The zero-order chi connectivity index (χ0) is 18.4. The average Bonchev–Trinajstić information content (AvgIpc) is 3.19. The van der Waals surface area contributed by atoms with E-state index < -0.39 is 4.92 Å². The van der Waals surface area contributed by atoms with Crippen LogP contribution in [0.2, 0.25) is 0 Å². The first-order chi connectivity index (χ1) is 12.5. The molecule has 0 atom stereocenters. The Morgan fingerprint density at radius 1 is 1.19 bits per heavy atom. The highest BCUT2D eigenvalue weighted by molar-refractivity contribution is 7.22. The number of nitro groups is 1. The summed E-state index contributed by atoms with van der Waals surface area (Å²) in [5.41, 5.74) is 8.89. The number of aromatic nitrogens is 3. The summed E-state index contributed by atoms with van der Waals surface area (Å²) in [5, 5.41) is 20.1. The van der Waals surface area contributed by atoms with E-state index in [0.717, 1.165) is 21.5 Å². The number of thiophene rings is 1. The van der Waals surface area contributed by atoms with Crippen molar-refractivity contribution in [1.29, 1.82) is 0 Å². The third-order valence-electron chi connectivity index (χ3n) is 3.97. The number of hydrogen-bond acceptors (Lipinski definition) is 8. The van der Waals surface area contributed by atoms with Gasteiger partial charge in [0.1, 0.15) is 15.3 Å². The topological polar surface area (TPSA) is 121 Å². The molecule has 1 aromatic carbocycles. The van der Waals surface area contributed by atoms with Crippen LogP contribution >= 0.6 is 11.3 Å². The lowest BCUT2D eigenvalue weighted by Gasteiger charge is -1.99. The molecular weight excluding hydrogens is 354 g/mol. The predicted molar refractivity (Wildman–Crippen MR) is 98.9 cm³/mol. The van der Waals surface area contributed by atoms with Gasteiger partial charge >= 0.3 is 0 Å². The fourth-order valence-corrected chi connectivity index (χ4v) is 4.00. The Kier molecular flexibility index (Phi) is 3.66. The molecule has 4 rings (SSSR count). The third kappa shape index (κ3) is 2.49. The molecule has 0 fully saturated rings. The largest absolute Gasteiger partial charge is 0.415 e. The molecule has 0 saturated heterocycles. The summed E-state index contributed by atoms with van der Waals surface area (Å²) in [5.74, 6) is 0.292. The number of nitrogen functional groups attached to an aromatic ring is 1. The van der Waals surface area contributed by atoms with Gasteiger partial charge in [0, 0.05) is 17.1 Å². The lowest BCUT2D eigenvalue weighted by Crippen LogP contribution is -1.91. The summed E-state index contributed by atoms with van der Waals surface area (Å²) in [6.45, 7) is 3.89. The van der Waals surface area contributed by atoms with E-state index in [0.29, 0.717) is 10.6 Å². The normalized spacial score (nSPS) is 11.2. The molecule has 3 heterocycles. The van der Waals surface area contributed by atoms with Gasteiger partial charge in [-0.05, 0) is 31.5 Å². The van der Waals surface area contributed by atoms with E-state index >= 15 is 0 Å². The summed E-state index contributed by atoms with van der Waals surface area (Å²) in [6, 6.07) is 8.18. The number of aryl methyl sites for hydroxylation is 2. The highest BCUT2D eigenvalue weighted by Gasteiger charge is 2.23. The smallest absolute Gasteiger partial charge is 0.282 e. The predicted octanol–water partition coefficient (Wildman–Crippen LogP) is 4.12. The van der Waals surface area contributed by atoms with Gasteiger partial charge < -0.3 is 10.2 Å². The Morgan fingerprint density at radius 3 is 2.69 bits per heavy atom. The number of pyridine rings is 1. The van der Waals surface area contributed by atoms with Crippen molar-refractivity contribution in [2.24, 2.45) is 0 Å². The van der Waals surface area contributed by atoms with Gasteiger partial charge in [-0.2, -0.15) is 0 Å². The van der Waals surface area contributed by atoms with Crippen LogP contribution in [0.3, 0.4) is 0 Å². The molecular formula is C17H13N5O3S. The van der Waals surface area contributed by atoms with Gasteiger partial charge in [0.05, 0.1) is 10.6 Å². The fourth-order valence-electron chi connectivity index (χ4n) is 2.87. The van der Waals surface area contributed by atoms with Crippen LogP contribution in [-0.2, 0) is 0 Å². The maximum absolute atomic E-state index is 11.2. The van der Waals surface area contributed by atoms with E-state index in [4.69, 9.17) is 10.2 Å². The molecule has 0 aliphatic carbocycles. The molecule has 0 radical (unpaired) electrons. The molecule has 0 bridgehead atoms. The summed E-state index contributed by atoms with van der Waals surface area (Å²) in [7, 11) is 0. The van der Waals surface area contributed by atoms with Crippen molar-refractivity contribution in [3.05, 3.63) is 51.7 Å². The molecule has 26 heavy (non-hydrogen) atoms. The number of fused-ring (bicyclic) bond motifs is 1. The summed E-state index contributed by atoms with van der Waals surface area (Å²) in [4.78, 5) is 16.6. The second-order valence-corrected chi connectivity index (χ2v) is 6.79. The summed E-state index contributed by atoms with van der Waals surface area (Å²) < 4.78 is 5.70. The Morgan fingerprint density at radius 2 is 1.92 bits per heavy atom. The van der Waals surface area contributed by atoms with E-state index in [1.807, 2.05) is 19.9 Å². The molecule has 8 nitrogen and oxygen atoms in total. The van der Waals surface area contributed by atoms with Crippen LogP contribution in [-0.4, -0.2) is 20.1 Å². The molecule has 0 spiro atoms. The minimum atomic E-state index is -0.483. The minimum absolute atomic E-state index is 0.0741. The molecule has 0 saturated carbocycles. The van der Waals surface area contributed by atoms with Gasteiger partial charge in [-0.25, -0.2) is 4.98 Å². The first-order valence-electron chi connectivity index (χ1n) is 7.69. The lowest BCUT2D eigenvalue weighted by atomic mass is 10.1. The van der Waals surface area contributed by atoms with E-state index in [1.54, 1.807) is 18.2 Å². The van der Waals surface area contributed by atoms with E-state index in [9.17, 15) is 10.1 Å². The van der Waals surface area contributed by atoms with Gasteiger partial charge in [-0.1, -0.05) is 12.1 Å². The number of rotatable bonds is 3. The second-order valence-electron chi connectivity index (χ2n) is 5.79. The van der Waals surface area contributed by atoms with Crippen LogP contribution < -0.4 is 5.73 Å². The summed E-state index contributed by atoms with van der Waals surface area (Å²) in [6.07, 6.45) is 0. The van der Waals surface area contributed by atoms with Gasteiger partial charge in [-0.15, -0.1) is 21.5 Å². The van der Waals surface area contributed by atoms with Crippen molar-refractivity contribution in [2.45, 2.75) is 13.8 Å². The monoisotopic (exact) mass is 367 g/mol. The van der Waals surface area contributed by atoms with Crippen molar-refractivity contribution >= 4 is 32.9 Å². The first kappa shape index (κ1) is 16.2. The number of benzene rings is 1. The highest BCUT2D eigenvalue weighted by atomic mass is 32.1. The zero-order valence-corrected chi connectivity index (χ0v) is 14.7. The van der Waals surface area contributed by atoms with Crippen LogP contribution in [0, 0.1) is 24.0 Å². The molecule has 0 aliphatic rings. The first-order valence-corrected chi connectivity index (χ1v) is 8.51. The molecule has 3 aromatic heterocycles. The Balaban J connectivity index is 1.85. The van der Waals surface area contributed by atoms with Crippen molar-refractivity contribution in [1.82, 2.24) is 15.2 Å². The number of nitrogens with zero attached hydrogens (tertiary/aromatic N) is 4. The fraction of sp³-hybridized carbons (Fsp3) is 0.118. The van der Waals surface area contributed by atoms with Gasteiger partial charge in [0.15, 0.2) is 0 Å². The lowest BCUT2D eigenvalue weighted by molar-refractivity contribution is -0.384. The van der Waals surface area contributed by atoms with Crippen molar-refractivity contribution < 1.29 is 9.34 Å². The Labute approximate surface area is 151 Å². The molecule has 4 aromatic rings. The maximum Gasteiger partial charge on any atom is 0.282 e. The van der Waals surface area contributed by atoms with E-state index in [1.165, 1.54) is 17.4 Å². The van der Waals surface area contributed by atoms with Crippen molar-refractivity contribution in [3.8, 4) is 22.2 Å². The van der Waals surface area contributed by atoms with Crippen LogP contribution in [0.1, 0.15) is 11.3 Å². The van der Waals surface area contributed by atoms with Crippen LogP contribution in [0.25, 0.3) is 32.4 Å². The number of nitrogens with two attached hydrogens (primary N) is 1. The average molecular weight is 367 g/mol. The molecule has 0 aliphatic heterocycles.